The van der Waals surface area contributed by atoms with Crippen LogP contribution in [-0.2, 0) is 26.9 Å². The van der Waals surface area contributed by atoms with Crippen LogP contribution in [0.2, 0.25) is 5.02 Å². The van der Waals surface area contributed by atoms with Gasteiger partial charge in [-0.1, -0.05) is 11.6 Å². The van der Waals surface area contributed by atoms with Crippen molar-refractivity contribution in [2.45, 2.75) is 12.6 Å². The largest absolute Gasteiger partial charge is 0.455 e. The summed E-state index contributed by atoms with van der Waals surface area (Å²) in [6, 6.07) is 2.39. The Morgan fingerprint density at radius 1 is 1.38 bits per heavy atom. The lowest BCUT2D eigenvalue weighted by molar-refractivity contribution is -0.146. The number of hydrogen-bond acceptors (Lipinski definition) is 5. The summed E-state index contributed by atoms with van der Waals surface area (Å²) in [6.45, 7) is -0.595. The summed E-state index contributed by atoms with van der Waals surface area (Å²) in [6.07, 6.45) is -4.02. The van der Waals surface area contributed by atoms with Gasteiger partial charge in [0.1, 0.15) is 0 Å². The van der Waals surface area contributed by atoms with Gasteiger partial charge >= 0.3 is 12.1 Å². The normalized spacial score (nSPS) is 11.2. The standard InChI is InChI=1S/C14H10ClF3N2O3S/c15-10-4-9(14(16,17)18)5-19-13(10)20-11(21)6-23-12(22)3-8-1-2-24-7-8/h1-2,4-5,7H,3,6H2,(H,19,20,21). The lowest BCUT2D eigenvalue weighted by Crippen LogP contribution is -2.22. The van der Waals surface area contributed by atoms with Crippen LogP contribution < -0.4 is 5.32 Å². The third-order valence-electron chi connectivity index (χ3n) is 2.72. The number of rotatable bonds is 5. The van der Waals surface area contributed by atoms with Crippen molar-refractivity contribution in [1.82, 2.24) is 4.98 Å². The molecule has 1 N–H and O–H groups in total. The van der Waals surface area contributed by atoms with E-state index in [4.69, 9.17) is 16.3 Å². The van der Waals surface area contributed by atoms with Gasteiger partial charge in [-0.05, 0) is 28.5 Å². The Labute approximate surface area is 143 Å². The van der Waals surface area contributed by atoms with Crippen molar-refractivity contribution in [2.75, 3.05) is 11.9 Å². The minimum absolute atomic E-state index is 0.0239. The first-order valence-corrected chi connectivity index (χ1v) is 7.77. The molecule has 2 aromatic heterocycles. The SMILES string of the molecule is O=C(COC(=O)Cc1ccsc1)Nc1ncc(C(F)(F)F)cc1Cl. The molecule has 1 amide bonds. The fourth-order valence-electron chi connectivity index (χ4n) is 1.61. The first kappa shape index (κ1) is 18.2. The lowest BCUT2D eigenvalue weighted by Gasteiger charge is -2.10. The number of carbonyl (C=O) groups is 2. The van der Waals surface area contributed by atoms with E-state index < -0.39 is 30.2 Å². The van der Waals surface area contributed by atoms with Gasteiger partial charge in [0.05, 0.1) is 17.0 Å². The maximum atomic E-state index is 12.5. The molecule has 0 aliphatic carbocycles. The van der Waals surface area contributed by atoms with Crippen molar-refractivity contribution in [3.8, 4) is 0 Å². The molecule has 2 heterocycles. The quantitative estimate of drug-likeness (QED) is 0.808. The molecule has 2 aromatic rings. The van der Waals surface area contributed by atoms with Crippen LogP contribution in [0, 0.1) is 0 Å². The molecule has 128 valence electrons. The van der Waals surface area contributed by atoms with Crippen molar-refractivity contribution in [3.63, 3.8) is 0 Å². The molecule has 0 atom stereocenters. The van der Waals surface area contributed by atoms with Gasteiger partial charge in [-0.2, -0.15) is 24.5 Å². The van der Waals surface area contributed by atoms with E-state index in [-0.39, 0.29) is 17.3 Å². The summed E-state index contributed by atoms with van der Waals surface area (Å²) in [5, 5.41) is 5.38. The number of ether oxygens (including phenoxy) is 1. The first-order chi connectivity index (χ1) is 11.3. The number of alkyl halides is 3. The minimum atomic E-state index is -4.59. The van der Waals surface area contributed by atoms with Gasteiger partial charge in [0.25, 0.3) is 5.91 Å². The van der Waals surface area contributed by atoms with Crippen LogP contribution in [0.25, 0.3) is 0 Å². The molecule has 0 aromatic carbocycles. The second-order valence-corrected chi connectivity index (χ2v) is 5.76. The number of pyridine rings is 1. The van der Waals surface area contributed by atoms with Crippen molar-refractivity contribution in [3.05, 3.63) is 45.2 Å². The second-order valence-electron chi connectivity index (χ2n) is 4.57. The van der Waals surface area contributed by atoms with Gasteiger partial charge in [-0.25, -0.2) is 4.98 Å². The van der Waals surface area contributed by atoms with E-state index in [0.29, 0.717) is 12.3 Å². The number of halogens is 4. The molecule has 0 saturated heterocycles. The Bertz CT molecular complexity index is 735. The summed E-state index contributed by atoms with van der Waals surface area (Å²) < 4.78 is 42.2. The zero-order chi connectivity index (χ0) is 17.7. The molecule has 0 radical (unpaired) electrons. The van der Waals surface area contributed by atoms with E-state index in [1.165, 1.54) is 11.3 Å². The van der Waals surface area contributed by atoms with E-state index in [9.17, 15) is 22.8 Å². The molecule has 0 bridgehead atoms. The highest BCUT2D eigenvalue weighted by Crippen LogP contribution is 2.32. The van der Waals surface area contributed by atoms with Crippen LogP contribution in [0.4, 0.5) is 19.0 Å². The summed E-state index contributed by atoms with van der Waals surface area (Å²) in [4.78, 5) is 26.6. The molecule has 0 aliphatic heterocycles. The number of hydrogen-bond donors (Lipinski definition) is 1. The zero-order valence-corrected chi connectivity index (χ0v) is 13.5. The van der Waals surface area contributed by atoms with Crippen molar-refractivity contribution < 1.29 is 27.5 Å². The molecule has 0 aliphatic rings. The van der Waals surface area contributed by atoms with E-state index in [1.54, 1.807) is 16.8 Å². The number of carbonyl (C=O) groups excluding carboxylic acids is 2. The maximum absolute atomic E-state index is 12.5. The summed E-state index contributed by atoms with van der Waals surface area (Å²) in [7, 11) is 0. The maximum Gasteiger partial charge on any atom is 0.417 e. The Kier molecular flexibility index (Phi) is 5.79. The van der Waals surface area contributed by atoms with Gasteiger partial charge in [-0.15, -0.1) is 0 Å². The summed E-state index contributed by atoms with van der Waals surface area (Å²) >= 11 is 7.08. The summed E-state index contributed by atoms with van der Waals surface area (Å²) in [5.74, 6) is -1.61. The van der Waals surface area contributed by atoms with Gasteiger partial charge in [0, 0.05) is 6.20 Å². The fourth-order valence-corrected chi connectivity index (χ4v) is 2.49. The highest BCUT2D eigenvalue weighted by Gasteiger charge is 2.31. The van der Waals surface area contributed by atoms with Gasteiger partial charge in [-0.3, -0.25) is 9.59 Å². The molecule has 0 spiro atoms. The monoisotopic (exact) mass is 378 g/mol. The smallest absolute Gasteiger partial charge is 0.417 e. The van der Waals surface area contributed by atoms with E-state index in [2.05, 4.69) is 10.3 Å². The molecule has 5 nitrogen and oxygen atoms in total. The molecule has 24 heavy (non-hydrogen) atoms. The predicted octanol–water partition coefficient (Wildman–Crippen LogP) is 3.54. The van der Waals surface area contributed by atoms with Crippen LogP contribution in [0.5, 0.6) is 0 Å². The molecular formula is C14H10ClF3N2O3S. The van der Waals surface area contributed by atoms with E-state index in [0.717, 1.165) is 5.56 Å². The molecular weight excluding hydrogens is 369 g/mol. The number of nitrogens with zero attached hydrogens (tertiary/aromatic N) is 1. The third-order valence-corrected chi connectivity index (χ3v) is 3.74. The highest BCUT2D eigenvalue weighted by molar-refractivity contribution is 7.08. The van der Waals surface area contributed by atoms with Gasteiger partial charge in [0.2, 0.25) is 0 Å². The van der Waals surface area contributed by atoms with Crippen LogP contribution in [-0.4, -0.2) is 23.5 Å². The summed E-state index contributed by atoms with van der Waals surface area (Å²) in [5.41, 5.74) is -0.273. The van der Waals surface area contributed by atoms with Crippen LogP contribution in [0.1, 0.15) is 11.1 Å². The predicted molar refractivity (Wildman–Crippen MR) is 81.9 cm³/mol. The first-order valence-electron chi connectivity index (χ1n) is 6.45. The fraction of sp³-hybridized carbons (Fsp3) is 0.214. The van der Waals surface area contributed by atoms with Crippen LogP contribution in [0.15, 0.2) is 29.1 Å². The Morgan fingerprint density at radius 3 is 2.71 bits per heavy atom. The van der Waals surface area contributed by atoms with Crippen LogP contribution >= 0.6 is 22.9 Å². The van der Waals surface area contributed by atoms with Gasteiger partial charge < -0.3 is 10.1 Å². The Morgan fingerprint density at radius 2 is 2.12 bits per heavy atom. The topological polar surface area (TPSA) is 68.3 Å². The van der Waals surface area contributed by atoms with E-state index in [1.807, 2.05) is 0 Å². The Hall–Kier alpha value is -2.13. The highest BCUT2D eigenvalue weighted by atomic mass is 35.5. The number of anilines is 1. The number of nitrogens with one attached hydrogen (secondary N) is 1. The van der Waals surface area contributed by atoms with Crippen molar-refractivity contribution >= 4 is 40.6 Å². The van der Waals surface area contributed by atoms with Crippen molar-refractivity contribution in [1.29, 1.82) is 0 Å². The van der Waals surface area contributed by atoms with Crippen LogP contribution in [0.3, 0.4) is 0 Å². The Balaban J connectivity index is 1.87. The number of thiophene rings is 1. The lowest BCUT2D eigenvalue weighted by atomic mass is 10.2. The average molecular weight is 379 g/mol. The number of esters is 1. The zero-order valence-electron chi connectivity index (χ0n) is 11.9. The minimum Gasteiger partial charge on any atom is -0.455 e. The third kappa shape index (κ3) is 5.20. The molecule has 0 unspecified atom stereocenters. The van der Waals surface area contributed by atoms with Crippen molar-refractivity contribution in [2.24, 2.45) is 0 Å². The second kappa shape index (κ2) is 7.63. The molecule has 2 rings (SSSR count). The van der Waals surface area contributed by atoms with Gasteiger partial charge in [0.15, 0.2) is 12.4 Å². The number of amides is 1. The average Bonchev–Trinajstić information content (AvgIpc) is 2.99. The molecule has 0 saturated carbocycles. The number of aromatic nitrogens is 1. The van der Waals surface area contributed by atoms with E-state index >= 15 is 0 Å². The molecule has 10 heteroatoms. The molecule has 0 fully saturated rings.